The third-order valence-corrected chi connectivity index (χ3v) is 7.22. The van der Waals surface area contributed by atoms with Crippen LogP contribution < -0.4 is 10.2 Å². The average molecular weight is 447 g/mol. The number of carbonyl (C=O) groups excluding carboxylic acids is 2. The molecule has 1 N–H and O–H groups in total. The maximum Gasteiger partial charge on any atom is 0.244 e. The van der Waals surface area contributed by atoms with E-state index in [1.54, 1.807) is 22.3 Å². The van der Waals surface area contributed by atoms with Gasteiger partial charge in [-0.05, 0) is 30.7 Å². The summed E-state index contributed by atoms with van der Waals surface area (Å²) in [5, 5.41) is 4.10. The van der Waals surface area contributed by atoms with E-state index in [4.69, 9.17) is 0 Å². The highest BCUT2D eigenvalue weighted by atomic mass is 32.2. The third kappa shape index (κ3) is 3.80. The zero-order valence-corrected chi connectivity index (χ0v) is 18.2. The highest BCUT2D eigenvalue weighted by molar-refractivity contribution is 8.00. The van der Waals surface area contributed by atoms with Crippen molar-refractivity contribution in [2.75, 3.05) is 16.8 Å². The molecule has 6 nitrogen and oxygen atoms in total. The Morgan fingerprint density at radius 1 is 1.13 bits per heavy atom. The van der Waals surface area contributed by atoms with Crippen LogP contribution in [0.1, 0.15) is 6.92 Å². The molecule has 0 fully saturated rings. The number of fused-ring (bicyclic) bond motifs is 2. The zero-order valence-electron chi connectivity index (χ0n) is 16.6. The van der Waals surface area contributed by atoms with Crippen LogP contribution in [0.2, 0.25) is 0 Å². The molecule has 5 rings (SSSR count). The van der Waals surface area contributed by atoms with Gasteiger partial charge in [-0.25, -0.2) is 9.97 Å². The van der Waals surface area contributed by atoms with Gasteiger partial charge in [0.2, 0.25) is 11.8 Å². The van der Waals surface area contributed by atoms with Gasteiger partial charge < -0.3 is 5.32 Å². The van der Waals surface area contributed by atoms with Crippen molar-refractivity contribution in [3.63, 3.8) is 0 Å². The minimum atomic E-state index is -0.419. The van der Waals surface area contributed by atoms with Gasteiger partial charge >= 0.3 is 0 Å². The van der Waals surface area contributed by atoms with Crippen LogP contribution in [0, 0.1) is 0 Å². The van der Waals surface area contributed by atoms with Gasteiger partial charge in [-0.1, -0.05) is 54.2 Å². The first-order valence-corrected chi connectivity index (χ1v) is 11.5. The van der Waals surface area contributed by atoms with Gasteiger partial charge in [0.1, 0.15) is 22.7 Å². The highest BCUT2D eigenvalue weighted by Gasteiger charge is 2.30. The van der Waals surface area contributed by atoms with Gasteiger partial charge in [0.05, 0.1) is 16.6 Å². The SMILES string of the molecule is C[C@@H](Sc1ncnc2sc(-c3ccccc3)cc12)C(=O)N1CC(=O)Nc2ccccc21. The summed E-state index contributed by atoms with van der Waals surface area (Å²) >= 11 is 3.00. The van der Waals surface area contributed by atoms with Crippen molar-refractivity contribution < 1.29 is 9.59 Å². The number of carbonyl (C=O) groups is 2. The lowest BCUT2D eigenvalue weighted by atomic mass is 10.2. The predicted molar refractivity (Wildman–Crippen MR) is 126 cm³/mol. The van der Waals surface area contributed by atoms with Crippen LogP contribution in [-0.4, -0.2) is 33.6 Å². The Balaban J connectivity index is 1.43. The second kappa shape index (κ2) is 8.13. The van der Waals surface area contributed by atoms with Gasteiger partial charge in [-0.2, -0.15) is 0 Å². The van der Waals surface area contributed by atoms with Crippen molar-refractivity contribution in [2.45, 2.75) is 17.2 Å². The van der Waals surface area contributed by atoms with Crippen molar-refractivity contribution in [1.29, 1.82) is 0 Å². The first kappa shape index (κ1) is 19.7. The molecule has 0 aliphatic carbocycles. The monoisotopic (exact) mass is 446 g/mol. The van der Waals surface area contributed by atoms with Gasteiger partial charge in [0, 0.05) is 10.3 Å². The Bertz CT molecular complexity index is 1290. The molecule has 0 spiro atoms. The second-order valence-electron chi connectivity index (χ2n) is 7.12. The summed E-state index contributed by atoms with van der Waals surface area (Å²) in [7, 11) is 0. The van der Waals surface area contributed by atoms with Crippen LogP contribution in [0.25, 0.3) is 20.7 Å². The van der Waals surface area contributed by atoms with E-state index < -0.39 is 5.25 Å². The molecule has 0 unspecified atom stereocenters. The van der Waals surface area contributed by atoms with Crippen LogP contribution in [0.4, 0.5) is 11.4 Å². The molecule has 0 radical (unpaired) electrons. The molecule has 2 aromatic carbocycles. The summed E-state index contributed by atoms with van der Waals surface area (Å²) in [6, 6.07) is 19.6. The maximum absolute atomic E-state index is 13.3. The summed E-state index contributed by atoms with van der Waals surface area (Å²) in [5.74, 6) is -0.323. The largest absolute Gasteiger partial charge is 0.323 e. The fourth-order valence-corrected chi connectivity index (χ4v) is 5.56. The summed E-state index contributed by atoms with van der Waals surface area (Å²) in [5.41, 5.74) is 2.50. The number of thiophene rings is 1. The van der Waals surface area contributed by atoms with Crippen molar-refractivity contribution in [3.05, 3.63) is 67.0 Å². The Kier molecular flexibility index (Phi) is 5.17. The molecule has 8 heteroatoms. The van der Waals surface area contributed by atoms with Gasteiger partial charge in [0.25, 0.3) is 0 Å². The average Bonchev–Trinajstić information content (AvgIpc) is 3.24. The van der Waals surface area contributed by atoms with E-state index in [9.17, 15) is 9.59 Å². The second-order valence-corrected chi connectivity index (χ2v) is 9.48. The predicted octanol–water partition coefficient (Wildman–Crippen LogP) is 4.82. The number of hydrogen-bond donors (Lipinski definition) is 1. The molecule has 1 atom stereocenters. The normalized spacial score (nSPS) is 14.2. The standard InChI is InChI=1S/C23H18N4O2S2/c1-14(23(29)27-12-20(28)26-17-9-5-6-10-18(17)27)30-21-16-11-19(15-7-3-2-4-8-15)31-22(16)25-13-24-21/h2-11,13-14H,12H2,1H3,(H,26,28)/t14-/m1/s1. The molecule has 1 aliphatic heterocycles. The first-order chi connectivity index (χ1) is 15.1. The quantitative estimate of drug-likeness (QED) is 0.359. The lowest BCUT2D eigenvalue weighted by Crippen LogP contribution is -2.45. The number of para-hydroxylation sites is 2. The Morgan fingerprint density at radius 2 is 1.90 bits per heavy atom. The van der Waals surface area contributed by atoms with E-state index in [-0.39, 0.29) is 18.4 Å². The van der Waals surface area contributed by atoms with Crippen LogP contribution in [0.15, 0.2) is 72.0 Å². The summed E-state index contributed by atoms with van der Waals surface area (Å²) in [4.78, 5) is 37.8. The number of rotatable bonds is 4. The molecule has 0 bridgehead atoms. The van der Waals surface area contributed by atoms with E-state index >= 15 is 0 Å². The summed E-state index contributed by atoms with van der Waals surface area (Å²) < 4.78 is 0. The van der Waals surface area contributed by atoms with E-state index in [0.717, 1.165) is 25.7 Å². The van der Waals surface area contributed by atoms with Crippen LogP contribution >= 0.6 is 23.1 Å². The zero-order chi connectivity index (χ0) is 21.4. The Hall–Kier alpha value is -3.23. The molecule has 4 aromatic rings. The first-order valence-electron chi connectivity index (χ1n) is 9.77. The molecule has 31 heavy (non-hydrogen) atoms. The van der Waals surface area contributed by atoms with E-state index in [1.165, 1.54) is 18.1 Å². The minimum absolute atomic E-state index is 0.0105. The molecule has 0 saturated carbocycles. The number of nitrogens with zero attached hydrogens (tertiary/aromatic N) is 3. The van der Waals surface area contributed by atoms with E-state index in [2.05, 4.69) is 33.5 Å². The third-order valence-electron chi connectivity index (χ3n) is 5.02. The van der Waals surface area contributed by atoms with Gasteiger partial charge in [0.15, 0.2) is 0 Å². The fraction of sp³-hybridized carbons (Fsp3) is 0.130. The van der Waals surface area contributed by atoms with Crippen LogP contribution in [0.3, 0.4) is 0 Å². The van der Waals surface area contributed by atoms with Crippen LogP contribution in [0.5, 0.6) is 0 Å². The van der Waals surface area contributed by atoms with Crippen molar-refractivity contribution in [3.8, 4) is 10.4 Å². The number of amides is 2. The smallest absolute Gasteiger partial charge is 0.244 e. The number of thioether (sulfide) groups is 1. The highest BCUT2D eigenvalue weighted by Crippen LogP contribution is 2.38. The van der Waals surface area contributed by atoms with Crippen molar-refractivity contribution in [2.24, 2.45) is 0 Å². The number of hydrogen-bond acceptors (Lipinski definition) is 6. The Labute approximate surface area is 187 Å². The molecular formula is C23H18N4O2S2. The number of nitrogens with one attached hydrogen (secondary N) is 1. The molecule has 154 valence electrons. The lowest BCUT2D eigenvalue weighted by Gasteiger charge is -2.30. The summed E-state index contributed by atoms with van der Waals surface area (Å²) in [6.07, 6.45) is 1.54. The van der Waals surface area contributed by atoms with Crippen molar-refractivity contribution in [1.82, 2.24) is 9.97 Å². The molecule has 2 amide bonds. The lowest BCUT2D eigenvalue weighted by molar-refractivity contribution is -0.121. The van der Waals surface area contributed by atoms with Crippen molar-refractivity contribution >= 4 is 56.5 Å². The number of benzene rings is 2. The molecule has 2 aromatic heterocycles. The molecular weight excluding hydrogens is 428 g/mol. The topological polar surface area (TPSA) is 75.2 Å². The van der Waals surface area contributed by atoms with E-state index in [0.29, 0.717) is 11.4 Å². The van der Waals surface area contributed by atoms with Gasteiger partial charge in [-0.15, -0.1) is 11.3 Å². The van der Waals surface area contributed by atoms with Crippen LogP contribution in [-0.2, 0) is 9.59 Å². The fourth-order valence-electron chi connectivity index (χ4n) is 3.54. The molecule has 0 saturated heterocycles. The molecule has 1 aliphatic rings. The molecule has 3 heterocycles. The summed E-state index contributed by atoms with van der Waals surface area (Å²) in [6.45, 7) is 1.86. The minimum Gasteiger partial charge on any atom is -0.323 e. The number of aromatic nitrogens is 2. The van der Waals surface area contributed by atoms with Gasteiger partial charge in [-0.3, -0.25) is 14.5 Å². The maximum atomic E-state index is 13.3. The van der Waals surface area contributed by atoms with E-state index in [1.807, 2.05) is 43.3 Å². The number of anilines is 2. The Morgan fingerprint density at radius 3 is 2.74 bits per heavy atom.